The van der Waals surface area contributed by atoms with E-state index in [0.29, 0.717) is 21.3 Å². The topological polar surface area (TPSA) is 107 Å². The van der Waals surface area contributed by atoms with Gasteiger partial charge in [-0.2, -0.15) is 0 Å². The molecule has 2 amide bonds. The number of carbonyl (C=O) groups excluding carboxylic acids is 2. The van der Waals surface area contributed by atoms with Gasteiger partial charge < -0.3 is 14.8 Å². The number of nitrogens with one attached hydrogen (secondary N) is 1. The minimum Gasteiger partial charge on any atom is -0.541 e. The van der Waals surface area contributed by atoms with Gasteiger partial charge in [-0.1, -0.05) is 84.4 Å². The molecule has 0 unspecified atom stereocenters. The van der Waals surface area contributed by atoms with Crippen LogP contribution in [-0.2, 0) is 26.0 Å². The molecule has 0 radical (unpaired) electrons. The number of aryl methyl sites for hydroxylation is 1. The van der Waals surface area contributed by atoms with Crippen LogP contribution in [0.3, 0.4) is 0 Å². The maximum atomic E-state index is 12.5. The van der Waals surface area contributed by atoms with Gasteiger partial charge in [0.1, 0.15) is 10.0 Å². The molecule has 0 atom stereocenters. The number of benzene rings is 4. The smallest absolute Gasteiger partial charge is 0.541 e. The molecule has 0 aliphatic carbocycles. The Morgan fingerprint density at radius 2 is 1.51 bits per heavy atom. The first kappa shape index (κ1) is 30.5. The van der Waals surface area contributed by atoms with Crippen LogP contribution in [0.1, 0.15) is 16.7 Å². The molecule has 1 fully saturated rings. The molecule has 0 spiro atoms. The van der Waals surface area contributed by atoms with E-state index in [4.69, 9.17) is 0 Å². The zero-order valence-electron chi connectivity index (χ0n) is 22.4. The SMILES string of the molecule is Cc1ccc(S(=O)(=O)[N-]C(=O)Cc2ccc(N=C3NC(=O)C(=Cc4ccc(-c5ccccc5)cc4)S3)cc2)cc1.[Na+]. The first-order valence-corrected chi connectivity index (χ1v) is 14.6. The van der Waals surface area contributed by atoms with Crippen LogP contribution in [0.5, 0.6) is 0 Å². The molecule has 1 aliphatic heterocycles. The van der Waals surface area contributed by atoms with Gasteiger partial charge in [0.25, 0.3) is 5.91 Å². The van der Waals surface area contributed by atoms with Crippen molar-refractivity contribution in [2.24, 2.45) is 4.99 Å². The summed E-state index contributed by atoms with van der Waals surface area (Å²) in [6, 6.07) is 31.0. The third kappa shape index (κ3) is 8.06. The Morgan fingerprint density at radius 3 is 2.17 bits per heavy atom. The second-order valence-electron chi connectivity index (χ2n) is 9.09. The Kier molecular flexibility index (Phi) is 10.0. The average molecular weight is 590 g/mol. The van der Waals surface area contributed by atoms with Crippen LogP contribution in [0.4, 0.5) is 5.69 Å². The summed E-state index contributed by atoms with van der Waals surface area (Å²) >= 11 is 1.24. The van der Waals surface area contributed by atoms with E-state index in [1.54, 1.807) is 36.4 Å². The van der Waals surface area contributed by atoms with Crippen molar-refractivity contribution < 1.29 is 47.6 Å². The van der Waals surface area contributed by atoms with Crippen LogP contribution in [0.25, 0.3) is 21.9 Å². The molecule has 1 saturated heterocycles. The monoisotopic (exact) mass is 589 g/mol. The summed E-state index contributed by atoms with van der Waals surface area (Å²) in [4.78, 5) is 29.8. The average Bonchev–Trinajstić information content (AvgIpc) is 3.28. The zero-order chi connectivity index (χ0) is 28.1. The van der Waals surface area contributed by atoms with E-state index in [1.165, 1.54) is 23.9 Å². The molecular weight excluding hydrogens is 565 g/mol. The summed E-state index contributed by atoms with van der Waals surface area (Å²) in [6.07, 6.45) is 1.66. The van der Waals surface area contributed by atoms with Crippen molar-refractivity contribution in [1.82, 2.24) is 5.32 Å². The molecule has 200 valence electrons. The fraction of sp³-hybridized carbons (Fsp3) is 0.0645. The maximum absolute atomic E-state index is 12.5. The van der Waals surface area contributed by atoms with Gasteiger partial charge in [-0.3, -0.25) is 4.79 Å². The summed E-state index contributed by atoms with van der Waals surface area (Å²) in [5.41, 5.74) is 5.21. The van der Waals surface area contributed by atoms with Gasteiger partial charge >= 0.3 is 29.6 Å². The Morgan fingerprint density at radius 1 is 0.878 bits per heavy atom. The molecule has 1 N–H and O–H groups in total. The molecule has 4 aromatic carbocycles. The van der Waals surface area contributed by atoms with Crippen molar-refractivity contribution in [2.45, 2.75) is 18.2 Å². The number of aliphatic imine (C=N–C) groups is 1. The fourth-order valence-corrected chi connectivity index (χ4v) is 5.70. The minimum absolute atomic E-state index is 0. The minimum atomic E-state index is -4.06. The number of thioether (sulfide) groups is 1. The fourth-order valence-electron chi connectivity index (χ4n) is 3.94. The summed E-state index contributed by atoms with van der Waals surface area (Å²) in [5.74, 6) is -0.987. The maximum Gasteiger partial charge on any atom is 1.00 e. The van der Waals surface area contributed by atoms with Crippen molar-refractivity contribution in [3.8, 4) is 11.1 Å². The van der Waals surface area contributed by atoms with E-state index in [0.717, 1.165) is 22.3 Å². The molecule has 1 aliphatic rings. The number of rotatable bonds is 7. The molecule has 0 saturated carbocycles. The molecule has 10 heteroatoms. The quantitative estimate of drug-likeness (QED) is 0.263. The predicted octanol–water partition coefficient (Wildman–Crippen LogP) is 3.39. The Hall–Kier alpha value is -3.47. The van der Waals surface area contributed by atoms with Gasteiger partial charge in [0, 0.05) is 6.42 Å². The number of amides is 2. The first-order chi connectivity index (χ1) is 19.2. The largest absolute Gasteiger partial charge is 1.00 e. The van der Waals surface area contributed by atoms with Crippen molar-refractivity contribution >= 4 is 50.5 Å². The standard InChI is InChI=1S/C31H25N3O4S2.Na/c1-21-7-17-27(18-8-21)40(37,38)34-29(35)20-23-11-15-26(16-12-23)32-31-33-30(36)28(39-31)19-22-9-13-25(14-10-22)24-5-3-2-4-6-24;/h2-19H,20H2,1H3,(H2,32,33,34,35,36);/q;+1/p-1. The molecule has 0 aromatic heterocycles. The van der Waals surface area contributed by atoms with E-state index in [9.17, 15) is 18.0 Å². The zero-order valence-corrected chi connectivity index (χ0v) is 26.1. The normalized spacial score (nSPS) is 14.9. The van der Waals surface area contributed by atoms with Crippen molar-refractivity contribution in [1.29, 1.82) is 0 Å². The number of carbonyl (C=O) groups is 2. The Labute approximate surface area is 265 Å². The Bertz CT molecular complexity index is 1720. The van der Waals surface area contributed by atoms with Gasteiger partial charge in [-0.25, -0.2) is 13.4 Å². The van der Waals surface area contributed by atoms with Gasteiger partial charge in [-0.05, 0) is 71.3 Å². The molecule has 41 heavy (non-hydrogen) atoms. The van der Waals surface area contributed by atoms with Gasteiger partial charge in [0.15, 0.2) is 5.17 Å². The second kappa shape index (κ2) is 13.5. The van der Waals surface area contributed by atoms with Crippen LogP contribution in [0.2, 0.25) is 0 Å². The number of hydrogen-bond donors (Lipinski definition) is 1. The molecule has 0 bridgehead atoms. The molecule has 1 heterocycles. The van der Waals surface area contributed by atoms with E-state index in [2.05, 4.69) is 15.0 Å². The number of nitrogens with zero attached hydrogens (tertiary/aromatic N) is 2. The van der Waals surface area contributed by atoms with Crippen LogP contribution in [0.15, 0.2) is 118 Å². The van der Waals surface area contributed by atoms with E-state index < -0.39 is 15.9 Å². The molecule has 4 aromatic rings. The molecule has 5 rings (SSSR count). The summed E-state index contributed by atoms with van der Waals surface area (Å²) in [7, 11) is -4.06. The summed E-state index contributed by atoms with van der Waals surface area (Å²) in [6.45, 7) is 1.84. The predicted molar refractivity (Wildman–Crippen MR) is 160 cm³/mol. The number of hydrogen-bond acceptors (Lipinski definition) is 6. The van der Waals surface area contributed by atoms with Gasteiger partial charge in [-0.15, -0.1) is 0 Å². The van der Waals surface area contributed by atoms with Gasteiger partial charge in [0.2, 0.25) is 0 Å². The first-order valence-electron chi connectivity index (χ1n) is 12.4. The number of sulfonamides is 1. The second-order valence-corrected chi connectivity index (χ2v) is 11.7. The van der Waals surface area contributed by atoms with Crippen LogP contribution in [0, 0.1) is 6.92 Å². The van der Waals surface area contributed by atoms with Crippen LogP contribution < -0.4 is 34.9 Å². The number of amidine groups is 1. The summed E-state index contributed by atoms with van der Waals surface area (Å²) in [5, 5.41) is 3.22. The molecule has 7 nitrogen and oxygen atoms in total. The Balaban J connectivity index is 0.00000387. The van der Waals surface area contributed by atoms with E-state index in [-0.39, 0.29) is 46.8 Å². The van der Waals surface area contributed by atoms with E-state index in [1.807, 2.05) is 67.6 Å². The van der Waals surface area contributed by atoms with Crippen molar-refractivity contribution in [2.75, 3.05) is 0 Å². The third-order valence-corrected chi connectivity index (χ3v) is 8.25. The van der Waals surface area contributed by atoms with Crippen molar-refractivity contribution in [3.05, 3.63) is 129 Å². The van der Waals surface area contributed by atoms with Crippen LogP contribution >= 0.6 is 11.8 Å². The summed E-state index contributed by atoms with van der Waals surface area (Å²) < 4.78 is 28.2. The van der Waals surface area contributed by atoms with E-state index >= 15 is 0 Å². The van der Waals surface area contributed by atoms with Crippen LogP contribution in [-0.4, -0.2) is 25.4 Å². The van der Waals surface area contributed by atoms with Crippen molar-refractivity contribution in [3.63, 3.8) is 0 Å². The molecular formula is C31H24N3NaO4S2. The third-order valence-electron chi connectivity index (χ3n) is 6.03. The van der Waals surface area contributed by atoms with Gasteiger partial charge in [0.05, 0.1) is 21.4 Å².